The Balaban J connectivity index is 0.00000120. The monoisotopic (exact) mass is 330 g/mol. The van der Waals surface area contributed by atoms with Crippen LogP contribution >= 0.6 is 28.3 Å². The van der Waals surface area contributed by atoms with Gasteiger partial charge in [0, 0.05) is 36.2 Å². The lowest BCUT2D eigenvalue weighted by Crippen LogP contribution is -2.34. The van der Waals surface area contributed by atoms with Crippen LogP contribution in [0.3, 0.4) is 0 Å². The van der Waals surface area contributed by atoms with Crippen LogP contribution in [0.15, 0.2) is 28.7 Å². The van der Waals surface area contributed by atoms with Crippen molar-refractivity contribution in [3.05, 3.63) is 34.3 Å². The van der Waals surface area contributed by atoms with Crippen molar-refractivity contribution in [1.29, 1.82) is 0 Å². The van der Waals surface area contributed by atoms with Crippen LogP contribution in [0.25, 0.3) is 0 Å². The Morgan fingerprint density at radius 3 is 2.61 bits per heavy atom. The maximum Gasteiger partial charge on any atom is 0.0234 e. The van der Waals surface area contributed by atoms with Crippen LogP contribution in [0.4, 0.5) is 0 Å². The molecule has 0 radical (unpaired) electrons. The molecule has 2 unspecified atom stereocenters. The van der Waals surface area contributed by atoms with Gasteiger partial charge < -0.3 is 5.32 Å². The van der Waals surface area contributed by atoms with Gasteiger partial charge in [-0.15, -0.1) is 12.4 Å². The largest absolute Gasteiger partial charge is 0.310 e. The Labute approximate surface area is 124 Å². The zero-order chi connectivity index (χ0) is 11.7. The summed E-state index contributed by atoms with van der Waals surface area (Å²) in [5.41, 5.74) is 1.42. The topological polar surface area (TPSA) is 15.3 Å². The molecule has 2 bridgehead atoms. The lowest BCUT2D eigenvalue weighted by molar-refractivity contribution is 0.251. The second-order valence-electron chi connectivity index (χ2n) is 5.29. The Hall–Kier alpha value is -0.0900. The summed E-state index contributed by atoms with van der Waals surface area (Å²) in [6, 6.07) is 10.2. The third-order valence-electron chi connectivity index (χ3n) is 3.93. The van der Waals surface area contributed by atoms with E-state index in [1.165, 1.54) is 37.9 Å². The van der Waals surface area contributed by atoms with E-state index in [0.29, 0.717) is 0 Å². The highest BCUT2D eigenvalue weighted by Crippen LogP contribution is 2.21. The van der Waals surface area contributed by atoms with Crippen molar-refractivity contribution in [1.82, 2.24) is 10.2 Å². The van der Waals surface area contributed by atoms with E-state index >= 15 is 0 Å². The molecule has 2 heterocycles. The summed E-state index contributed by atoms with van der Waals surface area (Å²) in [5, 5.41) is 3.73. The number of likely N-dealkylation sites (tertiary alicyclic amines) is 1. The van der Waals surface area contributed by atoms with Crippen LogP contribution in [-0.2, 0) is 6.54 Å². The Kier molecular flexibility index (Phi) is 5.07. The van der Waals surface area contributed by atoms with E-state index in [1.54, 1.807) is 0 Å². The zero-order valence-electron chi connectivity index (χ0n) is 10.4. The van der Waals surface area contributed by atoms with Gasteiger partial charge in [0.05, 0.1) is 0 Å². The minimum atomic E-state index is 0. The van der Waals surface area contributed by atoms with Crippen molar-refractivity contribution in [2.24, 2.45) is 0 Å². The van der Waals surface area contributed by atoms with Gasteiger partial charge in [-0.1, -0.05) is 28.1 Å². The van der Waals surface area contributed by atoms with Gasteiger partial charge >= 0.3 is 0 Å². The number of rotatable bonds is 2. The summed E-state index contributed by atoms with van der Waals surface area (Å²) in [6.45, 7) is 3.55. The Morgan fingerprint density at radius 2 is 1.83 bits per heavy atom. The van der Waals surface area contributed by atoms with Gasteiger partial charge in [0.25, 0.3) is 0 Å². The summed E-state index contributed by atoms with van der Waals surface area (Å²) < 4.78 is 1.16. The fourth-order valence-electron chi connectivity index (χ4n) is 3.01. The molecule has 0 spiro atoms. The van der Waals surface area contributed by atoms with E-state index in [-0.39, 0.29) is 12.4 Å². The van der Waals surface area contributed by atoms with Crippen molar-refractivity contribution < 1.29 is 0 Å². The molecule has 4 heteroatoms. The van der Waals surface area contributed by atoms with E-state index < -0.39 is 0 Å². The molecule has 100 valence electrons. The number of hydrogen-bond acceptors (Lipinski definition) is 2. The quantitative estimate of drug-likeness (QED) is 0.895. The molecule has 0 amide bonds. The van der Waals surface area contributed by atoms with Crippen molar-refractivity contribution >= 4 is 28.3 Å². The third kappa shape index (κ3) is 3.47. The van der Waals surface area contributed by atoms with E-state index in [1.807, 2.05) is 0 Å². The van der Waals surface area contributed by atoms with Gasteiger partial charge in [0.15, 0.2) is 0 Å². The first-order valence-corrected chi connectivity index (χ1v) is 7.32. The molecule has 0 aliphatic carbocycles. The molecule has 2 aliphatic rings. The van der Waals surface area contributed by atoms with Gasteiger partial charge in [-0.3, -0.25) is 4.90 Å². The first kappa shape index (κ1) is 14.3. The van der Waals surface area contributed by atoms with Crippen molar-refractivity contribution in [2.45, 2.75) is 37.9 Å². The Bertz CT molecular complexity index is 382. The fourth-order valence-corrected chi connectivity index (χ4v) is 3.27. The van der Waals surface area contributed by atoms with Crippen molar-refractivity contribution in [3.63, 3.8) is 0 Å². The van der Waals surface area contributed by atoms with Gasteiger partial charge in [0.1, 0.15) is 0 Å². The highest BCUT2D eigenvalue weighted by Gasteiger charge is 2.28. The number of nitrogens with zero attached hydrogens (tertiary/aromatic N) is 1. The molecule has 0 aromatic heterocycles. The molecule has 1 aromatic rings. The smallest absolute Gasteiger partial charge is 0.0234 e. The molecule has 0 saturated carbocycles. The van der Waals surface area contributed by atoms with Crippen LogP contribution in [0, 0.1) is 0 Å². The summed E-state index contributed by atoms with van der Waals surface area (Å²) >= 11 is 3.49. The lowest BCUT2D eigenvalue weighted by atomic mass is 10.1. The zero-order valence-corrected chi connectivity index (χ0v) is 12.8. The minimum absolute atomic E-state index is 0. The maximum atomic E-state index is 3.73. The molecule has 2 aliphatic heterocycles. The van der Waals surface area contributed by atoms with Crippen LogP contribution in [0.5, 0.6) is 0 Å². The third-order valence-corrected chi connectivity index (χ3v) is 4.46. The first-order chi connectivity index (χ1) is 8.29. The molecule has 1 N–H and O–H groups in total. The average Bonchev–Trinajstić information content (AvgIpc) is 2.66. The summed E-state index contributed by atoms with van der Waals surface area (Å²) in [7, 11) is 0. The van der Waals surface area contributed by atoms with E-state index in [9.17, 15) is 0 Å². The highest BCUT2D eigenvalue weighted by atomic mass is 79.9. The number of benzene rings is 1. The molecule has 2 saturated heterocycles. The normalized spacial score (nSPS) is 27.6. The molecule has 2 nitrogen and oxygen atoms in total. The molecule has 18 heavy (non-hydrogen) atoms. The molecular weight excluding hydrogens is 312 g/mol. The van der Waals surface area contributed by atoms with E-state index in [2.05, 4.69) is 50.4 Å². The number of halogens is 2. The Morgan fingerprint density at radius 1 is 1.11 bits per heavy atom. The maximum absolute atomic E-state index is 3.73. The van der Waals surface area contributed by atoms with Crippen LogP contribution < -0.4 is 5.32 Å². The van der Waals surface area contributed by atoms with E-state index in [0.717, 1.165) is 23.1 Å². The molecule has 2 fully saturated rings. The van der Waals surface area contributed by atoms with Gasteiger partial charge in [-0.05, 0) is 37.0 Å². The highest BCUT2D eigenvalue weighted by molar-refractivity contribution is 9.10. The molecule has 1 aromatic carbocycles. The SMILES string of the molecule is Brc1ccc(CN2CCC3CCC(C2)N3)cc1.Cl. The second kappa shape index (κ2) is 6.38. The molecular formula is C14H20BrClN2. The standard InChI is InChI=1S/C14H19BrN2.ClH/c15-12-3-1-11(2-4-12)9-17-8-7-13-5-6-14(10-17)16-13;/h1-4,13-14,16H,5-10H2;1H. The van der Waals surface area contributed by atoms with Gasteiger partial charge in [0.2, 0.25) is 0 Å². The molecule has 2 atom stereocenters. The molecule has 3 rings (SSSR count). The van der Waals surface area contributed by atoms with Crippen LogP contribution in [0.2, 0.25) is 0 Å². The summed E-state index contributed by atoms with van der Waals surface area (Å²) in [6.07, 6.45) is 4.06. The average molecular weight is 332 g/mol. The number of hydrogen-bond donors (Lipinski definition) is 1. The number of fused-ring (bicyclic) bond motifs is 2. The van der Waals surface area contributed by atoms with Crippen molar-refractivity contribution in [3.8, 4) is 0 Å². The van der Waals surface area contributed by atoms with Gasteiger partial charge in [-0.25, -0.2) is 0 Å². The van der Waals surface area contributed by atoms with Gasteiger partial charge in [-0.2, -0.15) is 0 Å². The number of nitrogens with one attached hydrogen (secondary N) is 1. The predicted octanol–water partition coefficient (Wildman–Crippen LogP) is 3.20. The summed E-state index contributed by atoms with van der Waals surface area (Å²) in [4.78, 5) is 2.60. The first-order valence-electron chi connectivity index (χ1n) is 6.52. The second-order valence-corrected chi connectivity index (χ2v) is 6.20. The lowest BCUT2D eigenvalue weighted by Gasteiger charge is -2.23. The minimum Gasteiger partial charge on any atom is -0.310 e. The van der Waals surface area contributed by atoms with Crippen LogP contribution in [-0.4, -0.2) is 30.1 Å². The van der Waals surface area contributed by atoms with E-state index in [4.69, 9.17) is 0 Å². The fraction of sp³-hybridized carbons (Fsp3) is 0.571. The summed E-state index contributed by atoms with van der Waals surface area (Å²) in [5.74, 6) is 0. The van der Waals surface area contributed by atoms with Crippen LogP contribution in [0.1, 0.15) is 24.8 Å². The predicted molar refractivity (Wildman–Crippen MR) is 81.2 cm³/mol. The van der Waals surface area contributed by atoms with Crippen molar-refractivity contribution in [2.75, 3.05) is 13.1 Å².